The van der Waals surface area contributed by atoms with E-state index in [4.69, 9.17) is 4.74 Å². The van der Waals surface area contributed by atoms with Crippen molar-refractivity contribution in [1.82, 2.24) is 4.90 Å². The Kier molecular flexibility index (Phi) is 6.61. The highest BCUT2D eigenvalue weighted by Gasteiger charge is 2.32. The Hall–Kier alpha value is -2.68. The first-order valence-corrected chi connectivity index (χ1v) is 12.7. The number of ether oxygens (including phenoxy) is 1. The molecule has 9 heteroatoms. The Balaban J connectivity index is 1.46. The SMILES string of the molecule is CC(C)COC(=O)N1CCC(N2CCc3cc(S(=O)(=O)c4cc(F)cc(F)c4)ccc32)CC1. The molecule has 6 nitrogen and oxygen atoms in total. The van der Waals surface area contributed by atoms with Crippen molar-refractivity contribution in [2.45, 2.75) is 48.9 Å². The third kappa shape index (κ3) is 4.98. The van der Waals surface area contributed by atoms with Crippen LogP contribution in [-0.4, -0.2) is 51.7 Å². The summed E-state index contributed by atoms with van der Waals surface area (Å²) in [4.78, 5) is 15.8. The van der Waals surface area contributed by atoms with E-state index in [-0.39, 0.29) is 17.0 Å². The van der Waals surface area contributed by atoms with E-state index in [1.807, 2.05) is 13.8 Å². The fourth-order valence-corrected chi connectivity index (χ4v) is 5.81. The average Bonchev–Trinajstić information content (AvgIpc) is 3.20. The molecule has 0 N–H and O–H groups in total. The first kappa shape index (κ1) is 23.5. The Bertz CT molecular complexity index is 1120. The van der Waals surface area contributed by atoms with E-state index >= 15 is 0 Å². The smallest absolute Gasteiger partial charge is 0.409 e. The van der Waals surface area contributed by atoms with Crippen LogP contribution < -0.4 is 4.90 Å². The van der Waals surface area contributed by atoms with Gasteiger partial charge in [0.15, 0.2) is 0 Å². The number of halogens is 2. The number of hydrogen-bond acceptors (Lipinski definition) is 5. The summed E-state index contributed by atoms with van der Waals surface area (Å²) in [6, 6.07) is 7.43. The second-order valence-corrected chi connectivity index (χ2v) is 11.0. The minimum absolute atomic E-state index is 0.0239. The molecule has 1 amide bonds. The molecular formula is C24H28F2N2O4S. The zero-order valence-electron chi connectivity index (χ0n) is 18.8. The third-order valence-electron chi connectivity index (χ3n) is 6.14. The van der Waals surface area contributed by atoms with Crippen LogP contribution in [0.25, 0.3) is 0 Å². The summed E-state index contributed by atoms with van der Waals surface area (Å²) in [5.74, 6) is -1.57. The molecule has 2 aliphatic rings. The van der Waals surface area contributed by atoms with Crippen LogP contribution >= 0.6 is 0 Å². The molecule has 2 heterocycles. The Morgan fingerprint density at radius 2 is 1.70 bits per heavy atom. The highest BCUT2D eigenvalue weighted by molar-refractivity contribution is 7.91. The number of sulfone groups is 1. The van der Waals surface area contributed by atoms with Crippen molar-refractivity contribution in [3.63, 3.8) is 0 Å². The van der Waals surface area contributed by atoms with Gasteiger partial charge >= 0.3 is 6.09 Å². The van der Waals surface area contributed by atoms with Crippen LogP contribution in [0.1, 0.15) is 32.3 Å². The zero-order valence-corrected chi connectivity index (χ0v) is 19.6. The maximum absolute atomic E-state index is 13.6. The molecule has 0 spiro atoms. The van der Waals surface area contributed by atoms with Crippen molar-refractivity contribution in [3.8, 4) is 0 Å². The number of rotatable bonds is 5. The Morgan fingerprint density at radius 1 is 1.03 bits per heavy atom. The molecule has 0 aliphatic carbocycles. The standard InChI is InChI=1S/C24H28F2N2O4S/c1-16(2)15-32-24(29)27-8-6-20(7-9-27)28-10-5-17-11-21(3-4-23(17)28)33(30,31)22-13-18(25)12-19(26)14-22/h3-4,11-14,16,20H,5-10,15H2,1-2H3. The van der Waals surface area contributed by atoms with Gasteiger partial charge in [0, 0.05) is 37.4 Å². The molecule has 2 aromatic rings. The van der Waals surface area contributed by atoms with Gasteiger partial charge < -0.3 is 14.5 Å². The molecule has 0 saturated carbocycles. The van der Waals surface area contributed by atoms with E-state index in [1.54, 1.807) is 17.0 Å². The number of nitrogens with zero attached hydrogens (tertiary/aromatic N) is 2. The number of anilines is 1. The van der Waals surface area contributed by atoms with E-state index in [2.05, 4.69) is 4.90 Å². The minimum Gasteiger partial charge on any atom is -0.449 e. The molecule has 0 aromatic heterocycles. The molecular weight excluding hydrogens is 450 g/mol. The summed E-state index contributed by atoms with van der Waals surface area (Å²) in [6.45, 7) is 6.40. The topological polar surface area (TPSA) is 66.9 Å². The van der Waals surface area contributed by atoms with Gasteiger partial charge in [-0.2, -0.15) is 0 Å². The summed E-state index contributed by atoms with van der Waals surface area (Å²) in [5, 5.41) is 0. The number of piperidine rings is 1. The summed E-state index contributed by atoms with van der Waals surface area (Å²) in [7, 11) is -4.03. The summed E-state index contributed by atoms with van der Waals surface area (Å²) < 4.78 is 58.3. The average molecular weight is 479 g/mol. The Morgan fingerprint density at radius 3 is 2.33 bits per heavy atom. The minimum atomic E-state index is -4.03. The van der Waals surface area contributed by atoms with Crippen LogP contribution in [0.15, 0.2) is 46.2 Å². The van der Waals surface area contributed by atoms with Gasteiger partial charge in [0.2, 0.25) is 9.84 Å². The van der Waals surface area contributed by atoms with Gasteiger partial charge in [0.05, 0.1) is 16.4 Å². The molecule has 1 fully saturated rings. The number of fused-ring (bicyclic) bond motifs is 1. The maximum Gasteiger partial charge on any atom is 0.409 e. The molecule has 2 aliphatic heterocycles. The quantitative estimate of drug-likeness (QED) is 0.637. The maximum atomic E-state index is 13.6. The van der Waals surface area contributed by atoms with Gasteiger partial charge in [-0.15, -0.1) is 0 Å². The normalized spacial score (nSPS) is 16.9. The van der Waals surface area contributed by atoms with Crippen molar-refractivity contribution in [1.29, 1.82) is 0 Å². The second kappa shape index (κ2) is 9.29. The summed E-state index contributed by atoms with van der Waals surface area (Å²) >= 11 is 0. The fraction of sp³-hybridized carbons (Fsp3) is 0.458. The number of hydrogen-bond donors (Lipinski definition) is 0. The number of carbonyl (C=O) groups is 1. The van der Waals surface area contributed by atoms with Gasteiger partial charge in [-0.3, -0.25) is 0 Å². The molecule has 0 atom stereocenters. The lowest BCUT2D eigenvalue weighted by Gasteiger charge is -2.37. The lowest BCUT2D eigenvalue weighted by molar-refractivity contribution is 0.0833. The molecule has 0 radical (unpaired) electrons. The number of carbonyl (C=O) groups excluding carboxylic acids is 1. The monoisotopic (exact) mass is 478 g/mol. The van der Waals surface area contributed by atoms with Crippen LogP contribution in [0.2, 0.25) is 0 Å². The summed E-state index contributed by atoms with van der Waals surface area (Å²) in [6.07, 6.45) is 2.03. The van der Waals surface area contributed by atoms with Gasteiger partial charge in [0.25, 0.3) is 0 Å². The van der Waals surface area contributed by atoms with E-state index < -0.39 is 26.4 Å². The van der Waals surface area contributed by atoms with Crippen LogP contribution in [0, 0.1) is 17.6 Å². The highest BCUT2D eigenvalue weighted by atomic mass is 32.2. The first-order chi connectivity index (χ1) is 15.6. The molecule has 0 bridgehead atoms. The Labute approximate surface area is 193 Å². The highest BCUT2D eigenvalue weighted by Crippen LogP contribution is 2.35. The van der Waals surface area contributed by atoms with E-state index in [0.29, 0.717) is 38.1 Å². The van der Waals surface area contributed by atoms with Crippen LogP contribution in [0.3, 0.4) is 0 Å². The van der Waals surface area contributed by atoms with Crippen LogP contribution in [0.5, 0.6) is 0 Å². The lowest BCUT2D eigenvalue weighted by atomic mass is 10.0. The largest absolute Gasteiger partial charge is 0.449 e. The van der Waals surface area contributed by atoms with Crippen molar-refractivity contribution < 1.29 is 26.7 Å². The van der Waals surface area contributed by atoms with E-state index in [1.165, 1.54) is 6.07 Å². The lowest BCUT2D eigenvalue weighted by Crippen LogP contribution is -2.46. The molecule has 33 heavy (non-hydrogen) atoms. The van der Waals surface area contributed by atoms with Gasteiger partial charge in [0.1, 0.15) is 11.6 Å². The predicted molar refractivity (Wildman–Crippen MR) is 120 cm³/mol. The number of likely N-dealkylation sites (tertiary alicyclic amines) is 1. The fourth-order valence-electron chi connectivity index (χ4n) is 4.46. The number of amides is 1. The van der Waals surface area contributed by atoms with Gasteiger partial charge in [-0.1, -0.05) is 13.8 Å². The van der Waals surface area contributed by atoms with Gasteiger partial charge in [-0.25, -0.2) is 22.0 Å². The second-order valence-electron chi connectivity index (χ2n) is 9.03. The molecule has 4 rings (SSSR count). The molecule has 0 unspecified atom stereocenters. The van der Waals surface area contributed by atoms with E-state index in [0.717, 1.165) is 42.8 Å². The van der Waals surface area contributed by atoms with Crippen molar-refractivity contribution in [2.75, 3.05) is 31.1 Å². The third-order valence-corrected chi connectivity index (χ3v) is 7.87. The zero-order chi connectivity index (χ0) is 23.8. The first-order valence-electron chi connectivity index (χ1n) is 11.2. The van der Waals surface area contributed by atoms with Crippen LogP contribution in [0.4, 0.5) is 19.3 Å². The van der Waals surface area contributed by atoms with E-state index in [9.17, 15) is 22.0 Å². The number of benzene rings is 2. The van der Waals surface area contributed by atoms with Crippen molar-refractivity contribution >= 4 is 21.6 Å². The van der Waals surface area contributed by atoms with Crippen LogP contribution in [-0.2, 0) is 21.0 Å². The molecule has 178 valence electrons. The summed E-state index contributed by atoms with van der Waals surface area (Å²) in [5.41, 5.74) is 1.87. The van der Waals surface area contributed by atoms with Crippen molar-refractivity contribution in [2.24, 2.45) is 5.92 Å². The predicted octanol–water partition coefficient (Wildman–Crippen LogP) is 4.42. The molecule has 2 aromatic carbocycles. The van der Waals surface area contributed by atoms with Gasteiger partial charge in [-0.05, 0) is 61.1 Å². The van der Waals surface area contributed by atoms with Crippen molar-refractivity contribution in [3.05, 3.63) is 53.6 Å². The molecule has 1 saturated heterocycles.